The van der Waals surface area contributed by atoms with Crippen LogP contribution in [0.2, 0.25) is 0 Å². The number of carbonyl (C=O) groups excluding carboxylic acids is 1. The van der Waals surface area contributed by atoms with Crippen molar-refractivity contribution in [2.75, 3.05) is 42.9 Å². The van der Waals surface area contributed by atoms with Crippen LogP contribution in [0.15, 0.2) is 36.7 Å². The van der Waals surface area contributed by atoms with E-state index in [0.29, 0.717) is 5.95 Å². The molecule has 1 aromatic heterocycles. The lowest BCUT2D eigenvalue weighted by Gasteiger charge is -2.31. The lowest BCUT2D eigenvalue weighted by Crippen LogP contribution is -3.15. The molecule has 1 fully saturated rings. The number of rotatable bonds is 4. The van der Waals surface area contributed by atoms with E-state index in [-0.39, 0.29) is 18.1 Å². The van der Waals surface area contributed by atoms with Crippen LogP contribution in [0.4, 0.5) is 20.4 Å². The largest absolute Gasteiger partial charge is 0.330 e. The molecule has 0 bridgehead atoms. The summed E-state index contributed by atoms with van der Waals surface area (Å²) in [4.78, 5) is 23.7. The third-order valence-corrected chi connectivity index (χ3v) is 3.92. The van der Waals surface area contributed by atoms with Gasteiger partial charge in [0.25, 0.3) is 5.91 Å². The summed E-state index contributed by atoms with van der Waals surface area (Å²) in [7, 11) is 0. The van der Waals surface area contributed by atoms with E-state index in [1.165, 1.54) is 6.07 Å². The molecular formula is C16H18F2N5O+. The summed E-state index contributed by atoms with van der Waals surface area (Å²) in [6, 6.07) is 5.09. The number of piperazine rings is 1. The first-order valence-electron chi connectivity index (χ1n) is 7.72. The summed E-state index contributed by atoms with van der Waals surface area (Å²) in [5.41, 5.74) is 0.259. The molecule has 0 spiro atoms. The highest BCUT2D eigenvalue weighted by atomic mass is 19.2. The van der Waals surface area contributed by atoms with E-state index in [1.54, 1.807) is 18.5 Å². The van der Waals surface area contributed by atoms with Crippen LogP contribution < -0.4 is 15.1 Å². The Morgan fingerprint density at radius 1 is 1.17 bits per heavy atom. The SMILES string of the molecule is O=C(C[NH+]1CCN(c2ncccn2)CC1)Nc1ccc(F)c(F)c1. The summed E-state index contributed by atoms with van der Waals surface area (Å²) >= 11 is 0. The number of carbonyl (C=O) groups is 1. The minimum Gasteiger partial charge on any atom is -0.330 e. The van der Waals surface area contributed by atoms with Crippen molar-refractivity contribution >= 4 is 17.5 Å². The van der Waals surface area contributed by atoms with Crippen LogP contribution in [0.25, 0.3) is 0 Å². The van der Waals surface area contributed by atoms with E-state index in [0.717, 1.165) is 43.2 Å². The van der Waals surface area contributed by atoms with E-state index < -0.39 is 11.6 Å². The van der Waals surface area contributed by atoms with Crippen molar-refractivity contribution in [2.24, 2.45) is 0 Å². The molecule has 24 heavy (non-hydrogen) atoms. The number of benzene rings is 1. The summed E-state index contributed by atoms with van der Waals surface area (Å²) in [5.74, 6) is -1.43. The third-order valence-electron chi connectivity index (χ3n) is 3.92. The molecule has 2 heterocycles. The van der Waals surface area contributed by atoms with Crippen LogP contribution in [-0.2, 0) is 4.79 Å². The van der Waals surface area contributed by atoms with Gasteiger partial charge in [0.2, 0.25) is 5.95 Å². The molecule has 1 saturated heterocycles. The van der Waals surface area contributed by atoms with E-state index in [4.69, 9.17) is 0 Å². The number of hydrogen-bond donors (Lipinski definition) is 2. The topological polar surface area (TPSA) is 62.6 Å². The minimum absolute atomic E-state index is 0.222. The van der Waals surface area contributed by atoms with Crippen molar-refractivity contribution < 1.29 is 18.5 Å². The highest BCUT2D eigenvalue weighted by Crippen LogP contribution is 2.12. The summed E-state index contributed by atoms with van der Waals surface area (Å²) in [6.45, 7) is 3.37. The van der Waals surface area contributed by atoms with Gasteiger partial charge >= 0.3 is 0 Å². The highest BCUT2D eigenvalue weighted by molar-refractivity contribution is 5.91. The van der Waals surface area contributed by atoms with Gasteiger partial charge in [-0.15, -0.1) is 0 Å². The molecule has 8 heteroatoms. The molecular weight excluding hydrogens is 316 g/mol. The molecule has 2 aromatic rings. The van der Waals surface area contributed by atoms with Gasteiger partial charge in [0.1, 0.15) is 0 Å². The zero-order valence-corrected chi connectivity index (χ0v) is 13.0. The van der Waals surface area contributed by atoms with Crippen molar-refractivity contribution in [3.63, 3.8) is 0 Å². The second kappa shape index (κ2) is 7.31. The number of nitrogens with one attached hydrogen (secondary N) is 2. The van der Waals surface area contributed by atoms with Crippen LogP contribution in [0.1, 0.15) is 0 Å². The Labute approximate surface area is 138 Å². The third kappa shape index (κ3) is 4.02. The van der Waals surface area contributed by atoms with Crippen molar-refractivity contribution in [1.82, 2.24) is 9.97 Å². The number of quaternary nitrogens is 1. The summed E-state index contributed by atoms with van der Waals surface area (Å²) < 4.78 is 26.0. The van der Waals surface area contributed by atoms with E-state index >= 15 is 0 Å². The Balaban J connectivity index is 1.49. The second-order valence-corrected chi connectivity index (χ2v) is 5.64. The Morgan fingerprint density at radius 2 is 1.88 bits per heavy atom. The molecule has 0 aliphatic carbocycles. The van der Waals surface area contributed by atoms with E-state index in [2.05, 4.69) is 20.2 Å². The minimum atomic E-state index is -0.975. The molecule has 126 valence electrons. The average Bonchev–Trinajstić information content (AvgIpc) is 2.59. The van der Waals surface area contributed by atoms with E-state index in [1.807, 2.05) is 0 Å². The molecule has 0 atom stereocenters. The van der Waals surface area contributed by atoms with Gasteiger partial charge in [-0.25, -0.2) is 18.7 Å². The maximum atomic E-state index is 13.1. The smallest absolute Gasteiger partial charge is 0.279 e. The fourth-order valence-corrected chi connectivity index (χ4v) is 2.66. The van der Waals surface area contributed by atoms with Crippen LogP contribution in [0.3, 0.4) is 0 Å². The van der Waals surface area contributed by atoms with Gasteiger partial charge in [0.15, 0.2) is 18.2 Å². The lowest BCUT2D eigenvalue weighted by atomic mass is 10.3. The van der Waals surface area contributed by atoms with Crippen molar-refractivity contribution in [3.8, 4) is 0 Å². The zero-order chi connectivity index (χ0) is 16.9. The standard InChI is InChI=1S/C16H17F2N5O/c17-13-3-2-12(10-14(13)18)21-15(24)11-22-6-8-23(9-7-22)16-19-4-1-5-20-16/h1-5,10H,6-9,11H2,(H,21,24)/p+1. The van der Waals surface area contributed by atoms with Crippen LogP contribution in [0.5, 0.6) is 0 Å². The van der Waals surface area contributed by atoms with Gasteiger partial charge in [-0.05, 0) is 18.2 Å². The van der Waals surface area contributed by atoms with Crippen molar-refractivity contribution in [3.05, 3.63) is 48.3 Å². The first-order valence-corrected chi connectivity index (χ1v) is 7.72. The van der Waals surface area contributed by atoms with E-state index in [9.17, 15) is 13.6 Å². The number of aromatic nitrogens is 2. The van der Waals surface area contributed by atoms with Gasteiger partial charge in [0, 0.05) is 24.1 Å². The summed E-state index contributed by atoms with van der Waals surface area (Å²) in [6.07, 6.45) is 3.41. The molecule has 1 aliphatic heterocycles. The Hall–Kier alpha value is -2.61. The molecule has 2 N–H and O–H groups in total. The number of nitrogens with zero attached hydrogens (tertiary/aromatic N) is 3. The fraction of sp³-hybridized carbons (Fsp3) is 0.312. The maximum Gasteiger partial charge on any atom is 0.279 e. The number of hydrogen-bond acceptors (Lipinski definition) is 4. The Morgan fingerprint density at radius 3 is 2.54 bits per heavy atom. The molecule has 1 amide bonds. The van der Waals surface area contributed by atoms with Gasteiger partial charge in [0.05, 0.1) is 26.2 Å². The average molecular weight is 334 g/mol. The van der Waals surface area contributed by atoms with Gasteiger partial charge in [-0.1, -0.05) is 0 Å². The predicted octanol–water partition coefficient (Wildman–Crippen LogP) is 0.0984. The van der Waals surface area contributed by atoms with Crippen molar-refractivity contribution in [1.29, 1.82) is 0 Å². The first kappa shape index (κ1) is 16.3. The van der Waals surface area contributed by atoms with Crippen LogP contribution in [0, 0.1) is 11.6 Å². The molecule has 1 aromatic carbocycles. The summed E-state index contributed by atoms with van der Waals surface area (Å²) in [5, 5.41) is 2.60. The normalized spacial score (nSPS) is 15.3. The predicted molar refractivity (Wildman–Crippen MR) is 84.8 cm³/mol. The number of halogens is 2. The molecule has 0 unspecified atom stereocenters. The Kier molecular flexibility index (Phi) is 4.95. The lowest BCUT2D eigenvalue weighted by molar-refractivity contribution is -0.892. The zero-order valence-electron chi connectivity index (χ0n) is 13.0. The van der Waals surface area contributed by atoms with Crippen LogP contribution >= 0.6 is 0 Å². The van der Waals surface area contributed by atoms with Crippen LogP contribution in [-0.4, -0.2) is 48.6 Å². The highest BCUT2D eigenvalue weighted by Gasteiger charge is 2.23. The fourth-order valence-electron chi connectivity index (χ4n) is 2.66. The molecule has 6 nitrogen and oxygen atoms in total. The monoisotopic (exact) mass is 334 g/mol. The number of anilines is 2. The first-order chi connectivity index (χ1) is 11.6. The van der Waals surface area contributed by atoms with Crippen molar-refractivity contribution in [2.45, 2.75) is 0 Å². The number of amides is 1. The molecule has 0 saturated carbocycles. The Bertz CT molecular complexity index is 705. The van der Waals surface area contributed by atoms with Gasteiger partial charge in [-0.3, -0.25) is 4.79 Å². The van der Waals surface area contributed by atoms with Gasteiger partial charge < -0.3 is 15.1 Å². The maximum absolute atomic E-state index is 13.1. The molecule has 0 radical (unpaired) electrons. The second-order valence-electron chi connectivity index (χ2n) is 5.64. The molecule has 1 aliphatic rings. The van der Waals surface area contributed by atoms with Gasteiger partial charge in [-0.2, -0.15) is 0 Å². The molecule has 3 rings (SSSR count). The quantitative estimate of drug-likeness (QED) is 0.832.